The Morgan fingerprint density at radius 3 is 2.53 bits per heavy atom. The van der Waals surface area contributed by atoms with Gasteiger partial charge in [0.1, 0.15) is 5.82 Å². The molecule has 3 heteroatoms. The van der Waals surface area contributed by atoms with E-state index in [4.69, 9.17) is 0 Å². The average Bonchev–Trinajstić information content (AvgIpc) is 2.31. The molecule has 0 aromatic heterocycles. The lowest BCUT2D eigenvalue weighted by Gasteiger charge is -2.22. The van der Waals surface area contributed by atoms with Crippen LogP contribution in [0.25, 0.3) is 0 Å². The lowest BCUT2D eigenvalue weighted by Crippen LogP contribution is -2.21. The van der Waals surface area contributed by atoms with Crippen molar-refractivity contribution in [3.63, 3.8) is 0 Å². The number of benzene rings is 1. The van der Waals surface area contributed by atoms with Gasteiger partial charge in [-0.3, -0.25) is 0 Å². The van der Waals surface area contributed by atoms with Crippen LogP contribution in [0, 0.1) is 11.7 Å². The van der Waals surface area contributed by atoms with Gasteiger partial charge in [0.15, 0.2) is 0 Å². The quantitative estimate of drug-likeness (QED) is 0.760. The molecule has 1 N–H and O–H groups in total. The largest absolute Gasteiger partial charge is 0.381 e. The highest BCUT2D eigenvalue weighted by Gasteiger charge is 2.11. The van der Waals surface area contributed by atoms with Crippen LogP contribution in [-0.4, -0.2) is 6.04 Å². The second-order valence-electron chi connectivity index (χ2n) is 4.62. The second kappa shape index (κ2) is 7.00. The van der Waals surface area contributed by atoms with Crippen LogP contribution >= 0.6 is 15.9 Å². The van der Waals surface area contributed by atoms with Crippen LogP contribution in [0.4, 0.5) is 10.1 Å². The molecule has 0 aliphatic heterocycles. The Labute approximate surface area is 112 Å². The van der Waals surface area contributed by atoms with Crippen molar-refractivity contribution in [1.82, 2.24) is 0 Å². The molecule has 1 nitrogen and oxygen atoms in total. The molecular weight excluding hydrogens is 281 g/mol. The first-order chi connectivity index (χ1) is 8.06. The molecule has 2 unspecified atom stereocenters. The Kier molecular flexibility index (Phi) is 5.96. The van der Waals surface area contributed by atoms with Crippen molar-refractivity contribution >= 4 is 21.6 Å². The molecule has 0 spiro atoms. The highest BCUT2D eigenvalue weighted by atomic mass is 79.9. The molecule has 0 bridgehead atoms. The Balaban J connectivity index is 2.67. The number of hydrogen-bond donors (Lipinski definition) is 1. The predicted octanol–water partition coefficient (Wildman–Crippen LogP) is 5.21. The summed E-state index contributed by atoms with van der Waals surface area (Å²) in [5.41, 5.74) is 0.974. The second-order valence-corrected chi connectivity index (χ2v) is 5.48. The van der Waals surface area contributed by atoms with E-state index in [1.54, 1.807) is 6.07 Å². The lowest BCUT2D eigenvalue weighted by molar-refractivity contribution is 0.461. The fourth-order valence-electron chi connectivity index (χ4n) is 1.81. The summed E-state index contributed by atoms with van der Waals surface area (Å²) >= 11 is 3.39. The van der Waals surface area contributed by atoms with Crippen molar-refractivity contribution in [3.8, 4) is 0 Å². The van der Waals surface area contributed by atoms with Gasteiger partial charge in [0.05, 0.1) is 0 Å². The summed E-state index contributed by atoms with van der Waals surface area (Å²) in [5, 5.41) is 3.48. The van der Waals surface area contributed by atoms with Crippen molar-refractivity contribution in [2.75, 3.05) is 5.32 Å². The van der Waals surface area contributed by atoms with Crippen molar-refractivity contribution in [2.45, 2.75) is 46.1 Å². The number of halogens is 2. The fourth-order valence-corrected chi connectivity index (χ4v) is 2.27. The molecule has 96 valence electrons. The maximum Gasteiger partial charge on any atom is 0.124 e. The van der Waals surface area contributed by atoms with Crippen molar-refractivity contribution in [3.05, 3.63) is 28.5 Å². The average molecular weight is 302 g/mol. The number of nitrogens with one attached hydrogen (secondary N) is 1. The van der Waals surface area contributed by atoms with E-state index in [0.717, 1.165) is 23.0 Å². The molecule has 0 aliphatic rings. The molecule has 0 amide bonds. The normalized spacial score (nSPS) is 14.4. The van der Waals surface area contributed by atoms with E-state index in [0.29, 0.717) is 12.0 Å². The number of rotatable bonds is 6. The van der Waals surface area contributed by atoms with Crippen molar-refractivity contribution in [2.24, 2.45) is 5.92 Å². The van der Waals surface area contributed by atoms with E-state index in [2.05, 4.69) is 42.0 Å². The molecule has 1 rings (SSSR count). The molecule has 1 aromatic carbocycles. The summed E-state index contributed by atoms with van der Waals surface area (Å²) in [7, 11) is 0. The number of anilines is 1. The van der Waals surface area contributed by atoms with Gasteiger partial charge in [-0.05, 0) is 52.9 Å². The maximum absolute atomic E-state index is 13.0. The molecule has 0 saturated carbocycles. The van der Waals surface area contributed by atoms with Crippen LogP contribution in [0.5, 0.6) is 0 Å². The zero-order chi connectivity index (χ0) is 12.8. The standard InChI is InChI=1S/C14H21BrFN/c1-4-10(3)8-12(5-2)17-14-7-6-11(16)9-13(14)15/h6-7,9-10,12,17H,4-5,8H2,1-3H3. The molecule has 0 saturated heterocycles. The first-order valence-electron chi connectivity index (χ1n) is 6.28. The Morgan fingerprint density at radius 1 is 1.29 bits per heavy atom. The van der Waals surface area contributed by atoms with Gasteiger partial charge in [-0.15, -0.1) is 0 Å². The summed E-state index contributed by atoms with van der Waals surface area (Å²) in [4.78, 5) is 0. The SMILES string of the molecule is CCC(C)CC(CC)Nc1ccc(F)cc1Br. The molecule has 0 aliphatic carbocycles. The topological polar surface area (TPSA) is 12.0 Å². The third-order valence-electron chi connectivity index (χ3n) is 3.17. The van der Waals surface area contributed by atoms with E-state index in [1.807, 2.05) is 0 Å². The van der Waals surface area contributed by atoms with Gasteiger partial charge < -0.3 is 5.32 Å². The Bertz CT molecular complexity index is 354. The minimum absolute atomic E-state index is 0.211. The Morgan fingerprint density at radius 2 is 2.00 bits per heavy atom. The maximum atomic E-state index is 13.0. The first-order valence-corrected chi connectivity index (χ1v) is 7.07. The van der Waals surface area contributed by atoms with Gasteiger partial charge >= 0.3 is 0 Å². The Hall–Kier alpha value is -0.570. The van der Waals surface area contributed by atoms with Gasteiger partial charge in [-0.1, -0.05) is 27.2 Å². The van der Waals surface area contributed by atoms with Crippen LogP contribution in [0.15, 0.2) is 22.7 Å². The fraction of sp³-hybridized carbons (Fsp3) is 0.571. The van der Waals surface area contributed by atoms with Gasteiger partial charge in [0.2, 0.25) is 0 Å². The lowest BCUT2D eigenvalue weighted by atomic mass is 9.97. The molecule has 0 radical (unpaired) electrons. The van der Waals surface area contributed by atoms with Crippen molar-refractivity contribution in [1.29, 1.82) is 0 Å². The number of hydrogen-bond acceptors (Lipinski definition) is 1. The molecular formula is C14H21BrFN. The first kappa shape index (κ1) is 14.5. The summed E-state index contributed by atoms with van der Waals surface area (Å²) in [6, 6.07) is 5.23. The van der Waals surface area contributed by atoms with E-state index in [-0.39, 0.29) is 5.82 Å². The van der Waals surface area contributed by atoms with Crippen molar-refractivity contribution < 1.29 is 4.39 Å². The zero-order valence-corrected chi connectivity index (χ0v) is 12.3. The van der Waals surface area contributed by atoms with Crippen LogP contribution in [0.2, 0.25) is 0 Å². The third kappa shape index (κ3) is 4.66. The third-order valence-corrected chi connectivity index (χ3v) is 3.82. The smallest absolute Gasteiger partial charge is 0.124 e. The minimum atomic E-state index is -0.211. The summed E-state index contributed by atoms with van der Waals surface area (Å²) in [5.74, 6) is 0.504. The molecule has 17 heavy (non-hydrogen) atoms. The van der Waals surface area contributed by atoms with Gasteiger partial charge in [0.25, 0.3) is 0 Å². The van der Waals surface area contributed by atoms with E-state index in [1.165, 1.54) is 18.6 Å². The zero-order valence-electron chi connectivity index (χ0n) is 10.8. The molecule has 1 aromatic rings. The highest BCUT2D eigenvalue weighted by molar-refractivity contribution is 9.10. The van der Waals surface area contributed by atoms with E-state index < -0.39 is 0 Å². The predicted molar refractivity (Wildman–Crippen MR) is 75.9 cm³/mol. The minimum Gasteiger partial charge on any atom is -0.381 e. The highest BCUT2D eigenvalue weighted by Crippen LogP contribution is 2.25. The molecule has 2 atom stereocenters. The summed E-state index contributed by atoms with van der Waals surface area (Å²) < 4.78 is 13.8. The molecule has 0 fully saturated rings. The van der Waals surface area contributed by atoms with Gasteiger partial charge in [-0.25, -0.2) is 4.39 Å². The van der Waals surface area contributed by atoms with Crippen LogP contribution in [0.3, 0.4) is 0 Å². The van der Waals surface area contributed by atoms with Crippen LogP contribution in [-0.2, 0) is 0 Å². The summed E-state index contributed by atoms with van der Waals surface area (Å²) in [6.45, 7) is 6.66. The van der Waals surface area contributed by atoms with Gasteiger partial charge in [0, 0.05) is 16.2 Å². The monoisotopic (exact) mass is 301 g/mol. The van der Waals surface area contributed by atoms with E-state index in [9.17, 15) is 4.39 Å². The summed E-state index contributed by atoms with van der Waals surface area (Å²) in [6.07, 6.45) is 3.42. The van der Waals surface area contributed by atoms with Gasteiger partial charge in [-0.2, -0.15) is 0 Å². The van der Waals surface area contributed by atoms with Crippen LogP contribution in [0.1, 0.15) is 40.0 Å². The molecule has 0 heterocycles. The van der Waals surface area contributed by atoms with E-state index >= 15 is 0 Å². The van der Waals surface area contributed by atoms with Crippen LogP contribution < -0.4 is 5.32 Å².